The molecule has 0 amide bonds. The van der Waals surface area contributed by atoms with Gasteiger partial charge in [0.25, 0.3) is 0 Å². The van der Waals surface area contributed by atoms with Gasteiger partial charge in [-0.25, -0.2) is 0 Å². The number of benzene rings is 1. The molecule has 1 aromatic rings. The number of halogens is 1. The first-order valence-corrected chi connectivity index (χ1v) is 8.37. The van der Waals surface area contributed by atoms with Gasteiger partial charge >= 0.3 is 0 Å². The number of nitrogens with one attached hydrogen (secondary N) is 1. The number of hydrogen-bond acceptors (Lipinski definition) is 3. The first-order valence-electron chi connectivity index (χ1n) is 7.99. The van der Waals surface area contributed by atoms with Crippen LogP contribution in [-0.4, -0.2) is 30.8 Å². The summed E-state index contributed by atoms with van der Waals surface area (Å²) in [5.41, 5.74) is 2.33. The summed E-state index contributed by atoms with van der Waals surface area (Å²) in [6, 6.07) is 6.63. The first-order chi connectivity index (χ1) is 10.1. The van der Waals surface area contributed by atoms with Gasteiger partial charge in [-0.15, -0.1) is 0 Å². The molecule has 0 unspecified atom stereocenters. The molecule has 0 bridgehead atoms. The Morgan fingerprint density at radius 2 is 2.14 bits per heavy atom. The van der Waals surface area contributed by atoms with Crippen molar-refractivity contribution < 1.29 is 5.11 Å². The molecule has 0 aromatic heterocycles. The number of aliphatic hydroxyl groups is 1. The van der Waals surface area contributed by atoms with Gasteiger partial charge in [-0.2, -0.15) is 0 Å². The minimum atomic E-state index is 0.167. The van der Waals surface area contributed by atoms with Crippen molar-refractivity contribution in [1.82, 2.24) is 5.32 Å². The number of anilines is 1. The molecule has 0 spiro atoms. The van der Waals surface area contributed by atoms with Crippen molar-refractivity contribution in [3.63, 3.8) is 0 Å². The van der Waals surface area contributed by atoms with E-state index in [1.165, 1.54) is 24.8 Å². The maximum absolute atomic E-state index is 9.40. The number of hydrogen-bond donors (Lipinski definition) is 2. The van der Waals surface area contributed by atoms with Crippen LogP contribution in [0.4, 0.5) is 5.69 Å². The zero-order chi connectivity index (χ0) is 15.2. The van der Waals surface area contributed by atoms with Gasteiger partial charge in [0.05, 0.1) is 17.3 Å². The molecule has 2 N–H and O–H groups in total. The summed E-state index contributed by atoms with van der Waals surface area (Å²) in [4.78, 5) is 2.30. The fourth-order valence-corrected chi connectivity index (χ4v) is 3.11. The minimum absolute atomic E-state index is 0.167. The molecule has 2 rings (SSSR count). The molecular formula is C17H27ClN2O. The monoisotopic (exact) mass is 310 g/mol. The Hall–Kier alpha value is -0.770. The largest absolute Gasteiger partial charge is 0.395 e. The zero-order valence-corrected chi connectivity index (χ0v) is 13.9. The van der Waals surface area contributed by atoms with Gasteiger partial charge in [0.1, 0.15) is 0 Å². The van der Waals surface area contributed by atoms with Crippen LogP contribution in [-0.2, 0) is 6.54 Å². The second-order valence-corrected chi connectivity index (χ2v) is 6.68. The van der Waals surface area contributed by atoms with Crippen LogP contribution in [0.25, 0.3) is 0 Å². The van der Waals surface area contributed by atoms with Gasteiger partial charge in [0, 0.05) is 19.1 Å². The summed E-state index contributed by atoms with van der Waals surface area (Å²) in [5.74, 6) is 0.632. The molecule has 0 aliphatic heterocycles. The van der Waals surface area contributed by atoms with E-state index in [0.717, 1.165) is 23.8 Å². The molecule has 0 radical (unpaired) electrons. The summed E-state index contributed by atoms with van der Waals surface area (Å²) in [7, 11) is 0. The molecular weight excluding hydrogens is 284 g/mol. The van der Waals surface area contributed by atoms with E-state index in [4.69, 9.17) is 11.6 Å². The van der Waals surface area contributed by atoms with Crippen LogP contribution in [0.3, 0.4) is 0 Å². The third kappa shape index (κ3) is 4.35. The second kappa shape index (κ2) is 8.02. The number of aliphatic hydroxyl groups excluding tert-OH is 1. The summed E-state index contributed by atoms with van der Waals surface area (Å²) in [5, 5.41) is 13.7. The van der Waals surface area contributed by atoms with Crippen LogP contribution in [0.15, 0.2) is 18.2 Å². The van der Waals surface area contributed by atoms with Crippen LogP contribution >= 0.6 is 11.6 Å². The quantitative estimate of drug-likeness (QED) is 0.772. The van der Waals surface area contributed by atoms with E-state index < -0.39 is 0 Å². The summed E-state index contributed by atoms with van der Waals surface area (Å²) in [6.45, 7) is 7.06. The first kappa shape index (κ1) is 16.6. The van der Waals surface area contributed by atoms with Crippen molar-refractivity contribution in [2.24, 2.45) is 5.92 Å². The van der Waals surface area contributed by atoms with Crippen molar-refractivity contribution in [1.29, 1.82) is 0 Å². The predicted molar refractivity (Wildman–Crippen MR) is 90.1 cm³/mol. The van der Waals surface area contributed by atoms with Crippen LogP contribution in [0.1, 0.15) is 38.7 Å². The fraction of sp³-hybridized carbons (Fsp3) is 0.647. The molecule has 1 aromatic carbocycles. The van der Waals surface area contributed by atoms with Gasteiger partial charge in [-0.05, 0) is 43.4 Å². The van der Waals surface area contributed by atoms with Gasteiger partial charge in [0.15, 0.2) is 0 Å². The highest BCUT2D eigenvalue weighted by atomic mass is 35.5. The lowest BCUT2D eigenvalue weighted by Gasteiger charge is -2.40. The molecule has 4 heteroatoms. The SMILES string of the molecule is CC(C)CNCc1cccc(Cl)c1N(CCO)C1CCC1. The van der Waals surface area contributed by atoms with E-state index in [9.17, 15) is 5.11 Å². The van der Waals surface area contributed by atoms with E-state index in [1.54, 1.807) is 0 Å². The Bertz CT molecular complexity index is 446. The molecule has 0 heterocycles. The predicted octanol–water partition coefficient (Wildman–Crippen LogP) is 3.44. The Kier molecular flexibility index (Phi) is 6.34. The lowest BCUT2D eigenvalue weighted by molar-refractivity contribution is 0.283. The molecule has 1 aliphatic rings. The van der Waals surface area contributed by atoms with E-state index in [2.05, 4.69) is 30.1 Å². The number of nitrogens with zero attached hydrogens (tertiary/aromatic N) is 1. The van der Waals surface area contributed by atoms with E-state index >= 15 is 0 Å². The standard InChI is InChI=1S/C17H27ClN2O/c1-13(2)11-19-12-14-5-3-8-16(18)17(14)20(9-10-21)15-6-4-7-15/h3,5,8,13,15,19,21H,4,6-7,9-12H2,1-2H3. The zero-order valence-electron chi connectivity index (χ0n) is 13.1. The third-order valence-electron chi connectivity index (χ3n) is 4.08. The van der Waals surface area contributed by atoms with Crippen molar-refractivity contribution in [3.8, 4) is 0 Å². The molecule has 0 atom stereocenters. The topological polar surface area (TPSA) is 35.5 Å². The second-order valence-electron chi connectivity index (χ2n) is 6.27. The van der Waals surface area contributed by atoms with Crippen molar-refractivity contribution in [2.45, 2.75) is 45.7 Å². The minimum Gasteiger partial charge on any atom is -0.395 e. The van der Waals surface area contributed by atoms with Crippen LogP contribution < -0.4 is 10.2 Å². The Morgan fingerprint density at radius 1 is 1.38 bits per heavy atom. The van der Waals surface area contributed by atoms with Crippen molar-refractivity contribution in [3.05, 3.63) is 28.8 Å². The smallest absolute Gasteiger partial charge is 0.0643 e. The Morgan fingerprint density at radius 3 is 2.71 bits per heavy atom. The highest BCUT2D eigenvalue weighted by Gasteiger charge is 2.27. The van der Waals surface area contributed by atoms with Gasteiger partial charge in [0.2, 0.25) is 0 Å². The van der Waals surface area contributed by atoms with Crippen LogP contribution in [0.2, 0.25) is 5.02 Å². The summed E-state index contributed by atoms with van der Waals surface area (Å²) >= 11 is 6.48. The van der Waals surface area contributed by atoms with Gasteiger partial charge in [-0.3, -0.25) is 0 Å². The molecule has 0 saturated heterocycles. The average molecular weight is 311 g/mol. The van der Waals surface area contributed by atoms with Crippen LogP contribution in [0.5, 0.6) is 0 Å². The maximum atomic E-state index is 9.40. The lowest BCUT2D eigenvalue weighted by atomic mass is 9.90. The number of para-hydroxylation sites is 1. The third-order valence-corrected chi connectivity index (χ3v) is 4.39. The Balaban J connectivity index is 2.18. The molecule has 1 saturated carbocycles. The molecule has 3 nitrogen and oxygen atoms in total. The summed E-state index contributed by atoms with van der Waals surface area (Å²) < 4.78 is 0. The van der Waals surface area contributed by atoms with E-state index in [1.807, 2.05) is 12.1 Å². The molecule has 118 valence electrons. The normalized spacial score (nSPS) is 15.3. The average Bonchev–Trinajstić information content (AvgIpc) is 2.36. The molecule has 1 aliphatic carbocycles. The maximum Gasteiger partial charge on any atom is 0.0643 e. The highest BCUT2D eigenvalue weighted by Crippen LogP contribution is 2.36. The van der Waals surface area contributed by atoms with Gasteiger partial charge < -0.3 is 15.3 Å². The van der Waals surface area contributed by atoms with Crippen LogP contribution in [0, 0.1) is 5.92 Å². The molecule has 1 fully saturated rings. The fourth-order valence-electron chi connectivity index (χ4n) is 2.80. The summed E-state index contributed by atoms with van der Waals surface area (Å²) in [6.07, 6.45) is 3.67. The van der Waals surface area contributed by atoms with E-state index in [-0.39, 0.29) is 6.61 Å². The van der Waals surface area contributed by atoms with E-state index in [0.29, 0.717) is 18.5 Å². The number of rotatable bonds is 8. The highest BCUT2D eigenvalue weighted by molar-refractivity contribution is 6.33. The van der Waals surface area contributed by atoms with Crippen molar-refractivity contribution >= 4 is 17.3 Å². The van der Waals surface area contributed by atoms with Gasteiger partial charge in [-0.1, -0.05) is 37.6 Å². The van der Waals surface area contributed by atoms with Crippen molar-refractivity contribution in [2.75, 3.05) is 24.6 Å². The Labute approximate surface area is 133 Å². The molecule has 21 heavy (non-hydrogen) atoms. The lowest BCUT2D eigenvalue weighted by Crippen LogP contribution is -2.42.